The third-order valence-corrected chi connectivity index (χ3v) is 5.83. The lowest BCUT2D eigenvalue weighted by atomic mass is 9.95. The molecule has 0 spiro atoms. The van der Waals surface area contributed by atoms with E-state index >= 15 is 0 Å². The summed E-state index contributed by atoms with van der Waals surface area (Å²) in [6.07, 6.45) is 1.37. The van der Waals surface area contributed by atoms with Crippen molar-refractivity contribution in [3.05, 3.63) is 101 Å². The van der Waals surface area contributed by atoms with E-state index in [1.165, 1.54) is 4.90 Å². The van der Waals surface area contributed by atoms with Crippen LogP contribution in [0.25, 0.3) is 5.57 Å². The molecule has 0 aliphatic carbocycles. The second-order valence-corrected chi connectivity index (χ2v) is 8.89. The molecule has 0 saturated heterocycles. The number of nitrogens with zero attached hydrogens (tertiary/aromatic N) is 1. The van der Waals surface area contributed by atoms with E-state index in [0.717, 1.165) is 16.7 Å². The van der Waals surface area contributed by atoms with Gasteiger partial charge in [-0.2, -0.15) is 0 Å². The number of esters is 1. The zero-order chi connectivity index (χ0) is 25.7. The van der Waals surface area contributed by atoms with Gasteiger partial charge in [0.2, 0.25) is 0 Å². The number of rotatable bonds is 6. The fraction of sp³-hybridized carbons (Fsp3) is 0.179. The van der Waals surface area contributed by atoms with E-state index in [9.17, 15) is 14.4 Å². The SMILES string of the molecule is CC(C)OC(=O)CN1C(=O)C(NC(=O)Nc2ccccc2Cl)C=C(c2ccccc2)c2ccccc21. The first kappa shape index (κ1) is 25.0. The van der Waals surface area contributed by atoms with Crippen molar-refractivity contribution < 1.29 is 19.1 Å². The molecule has 36 heavy (non-hydrogen) atoms. The molecule has 3 aromatic carbocycles. The van der Waals surface area contributed by atoms with Crippen molar-refractivity contribution in [3.63, 3.8) is 0 Å². The molecule has 4 rings (SSSR count). The number of fused-ring (bicyclic) bond motifs is 1. The summed E-state index contributed by atoms with van der Waals surface area (Å²) in [5, 5.41) is 5.78. The second-order valence-electron chi connectivity index (χ2n) is 8.48. The predicted molar refractivity (Wildman–Crippen MR) is 141 cm³/mol. The van der Waals surface area contributed by atoms with Crippen LogP contribution in [0, 0.1) is 0 Å². The lowest BCUT2D eigenvalue weighted by Gasteiger charge is -2.26. The van der Waals surface area contributed by atoms with Gasteiger partial charge in [0.1, 0.15) is 12.6 Å². The van der Waals surface area contributed by atoms with Crippen LogP contribution in [0.1, 0.15) is 25.0 Å². The van der Waals surface area contributed by atoms with Crippen LogP contribution in [-0.4, -0.2) is 36.6 Å². The van der Waals surface area contributed by atoms with Gasteiger partial charge in [-0.15, -0.1) is 0 Å². The highest BCUT2D eigenvalue weighted by molar-refractivity contribution is 6.33. The topological polar surface area (TPSA) is 87.7 Å². The number of urea groups is 1. The van der Waals surface area contributed by atoms with Gasteiger partial charge in [0.15, 0.2) is 0 Å². The average Bonchev–Trinajstić information content (AvgIpc) is 2.96. The number of carbonyl (C=O) groups is 3. The Morgan fingerprint density at radius 1 is 0.972 bits per heavy atom. The molecule has 1 unspecified atom stereocenters. The first-order chi connectivity index (χ1) is 17.3. The molecule has 0 bridgehead atoms. The Morgan fingerprint density at radius 3 is 2.36 bits per heavy atom. The molecule has 184 valence electrons. The monoisotopic (exact) mass is 503 g/mol. The van der Waals surface area contributed by atoms with Gasteiger partial charge in [-0.1, -0.05) is 72.3 Å². The van der Waals surface area contributed by atoms with E-state index < -0.39 is 23.9 Å². The van der Waals surface area contributed by atoms with Crippen LogP contribution in [0.2, 0.25) is 5.02 Å². The average molecular weight is 504 g/mol. The molecule has 8 heteroatoms. The van der Waals surface area contributed by atoms with Crippen molar-refractivity contribution in [2.75, 3.05) is 16.8 Å². The van der Waals surface area contributed by atoms with Crippen molar-refractivity contribution in [3.8, 4) is 0 Å². The second kappa shape index (κ2) is 11.1. The van der Waals surface area contributed by atoms with Crippen LogP contribution in [0.15, 0.2) is 84.9 Å². The van der Waals surface area contributed by atoms with Crippen molar-refractivity contribution in [2.24, 2.45) is 0 Å². The summed E-state index contributed by atoms with van der Waals surface area (Å²) < 4.78 is 5.31. The van der Waals surface area contributed by atoms with Gasteiger partial charge in [-0.3, -0.25) is 14.5 Å². The Balaban J connectivity index is 1.74. The third kappa shape index (κ3) is 5.75. The molecular formula is C28H26ClN3O4. The predicted octanol–water partition coefficient (Wildman–Crippen LogP) is 5.26. The summed E-state index contributed by atoms with van der Waals surface area (Å²) in [6.45, 7) is 3.19. The minimum Gasteiger partial charge on any atom is -0.462 e. The lowest BCUT2D eigenvalue weighted by Crippen LogP contribution is -2.50. The molecular weight excluding hydrogens is 478 g/mol. The summed E-state index contributed by atoms with van der Waals surface area (Å²) in [5.41, 5.74) is 3.33. The normalized spacial score (nSPS) is 15.0. The van der Waals surface area contributed by atoms with Crippen LogP contribution in [0.3, 0.4) is 0 Å². The number of hydrogen-bond acceptors (Lipinski definition) is 4. The van der Waals surface area contributed by atoms with Gasteiger partial charge in [0, 0.05) is 5.56 Å². The summed E-state index contributed by atoms with van der Waals surface area (Å²) in [5.74, 6) is -1.01. The van der Waals surface area contributed by atoms with Crippen molar-refractivity contribution in [1.29, 1.82) is 0 Å². The van der Waals surface area contributed by atoms with Crippen LogP contribution in [0.5, 0.6) is 0 Å². The number of ether oxygens (including phenoxy) is 1. The summed E-state index contributed by atoms with van der Waals surface area (Å²) >= 11 is 6.17. The van der Waals surface area contributed by atoms with Crippen molar-refractivity contribution in [1.82, 2.24) is 5.32 Å². The molecule has 1 atom stereocenters. The first-order valence-corrected chi connectivity index (χ1v) is 11.9. The molecule has 0 radical (unpaired) electrons. The number of carbonyl (C=O) groups excluding carboxylic acids is 3. The maximum Gasteiger partial charge on any atom is 0.326 e. The zero-order valence-corrected chi connectivity index (χ0v) is 20.7. The summed E-state index contributed by atoms with van der Waals surface area (Å²) in [6, 6.07) is 22.0. The Labute approximate surface area is 214 Å². The Morgan fingerprint density at radius 2 is 1.64 bits per heavy atom. The highest BCUT2D eigenvalue weighted by Crippen LogP contribution is 2.35. The first-order valence-electron chi connectivity index (χ1n) is 11.5. The largest absolute Gasteiger partial charge is 0.462 e. The molecule has 3 amide bonds. The molecule has 1 aliphatic heterocycles. The maximum atomic E-state index is 13.8. The number of nitrogens with one attached hydrogen (secondary N) is 2. The van der Waals surface area contributed by atoms with Gasteiger partial charge in [0.05, 0.1) is 22.5 Å². The van der Waals surface area contributed by atoms with E-state index in [-0.39, 0.29) is 12.6 Å². The van der Waals surface area contributed by atoms with Gasteiger partial charge in [-0.05, 0) is 49.3 Å². The lowest BCUT2D eigenvalue weighted by molar-refractivity contribution is -0.146. The Kier molecular flexibility index (Phi) is 7.71. The maximum absolute atomic E-state index is 13.8. The molecule has 7 nitrogen and oxygen atoms in total. The minimum absolute atomic E-state index is 0.297. The molecule has 0 fully saturated rings. The fourth-order valence-corrected chi connectivity index (χ4v) is 4.16. The van der Waals surface area contributed by atoms with Gasteiger partial charge in [0.25, 0.3) is 5.91 Å². The highest BCUT2D eigenvalue weighted by Gasteiger charge is 2.33. The summed E-state index contributed by atoms with van der Waals surface area (Å²) in [4.78, 5) is 40.6. The van der Waals surface area contributed by atoms with Crippen molar-refractivity contribution in [2.45, 2.75) is 26.0 Å². The number of benzene rings is 3. The molecule has 0 aromatic heterocycles. The highest BCUT2D eigenvalue weighted by atomic mass is 35.5. The van der Waals surface area contributed by atoms with E-state index in [0.29, 0.717) is 16.4 Å². The number of para-hydroxylation sites is 2. The number of amides is 3. The summed E-state index contributed by atoms with van der Waals surface area (Å²) in [7, 11) is 0. The van der Waals surface area contributed by atoms with Crippen LogP contribution in [-0.2, 0) is 14.3 Å². The number of hydrogen-bond donors (Lipinski definition) is 2. The van der Waals surface area contributed by atoms with E-state index in [2.05, 4.69) is 10.6 Å². The van der Waals surface area contributed by atoms with Gasteiger partial charge < -0.3 is 15.4 Å². The van der Waals surface area contributed by atoms with Crippen molar-refractivity contribution >= 4 is 46.5 Å². The van der Waals surface area contributed by atoms with Crippen LogP contribution in [0.4, 0.5) is 16.2 Å². The standard InChI is InChI=1S/C28H26ClN3O4/c1-18(2)36-26(33)17-32-25-15-9-6-12-20(25)21(19-10-4-3-5-11-19)16-24(27(32)34)31-28(35)30-23-14-8-7-13-22(23)29/h3-16,18,24H,17H2,1-2H3,(H2,30,31,35). The fourth-order valence-electron chi connectivity index (χ4n) is 3.98. The van der Waals surface area contributed by atoms with Crippen LogP contribution >= 0.6 is 11.6 Å². The Hall–Kier alpha value is -4.10. The number of halogens is 1. The minimum atomic E-state index is -1.07. The smallest absolute Gasteiger partial charge is 0.326 e. The quantitative estimate of drug-likeness (QED) is 0.449. The molecule has 2 N–H and O–H groups in total. The molecule has 1 aliphatic rings. The molecule has 3 aromatic rings. The van der Waals surface area contributed by atoms with Gasteiger partial charge >= 0.3 is 12.0 Å². The third-order valence-electron chi connectivity index (χ3n) is 5.50. The Bertz CT molecular complexity index is 1310. The van der Waals surface area contributed by atoms with E-state index in [1.54, 1.807) is 56.3 Å². The molecule has 0 saturated carbocycles. The van der Waals surface area contributed by atoms with E-state index in [4.69, 9.17) is 16.3 Å². The number of anilines is 2. The van der Waals surface area contributed by atoms with E-state index in [1.807, 2.05) is 42.5 Å². The zero-order valence-electron chi connectivity index (χ0n) is 19.9. The van der Waals surface area contributed by atoms with Gasteiger partial charge in [-0.25, -0.2) is 4.79 Å². The van der Waals surface area contributed by atoms with Crippen LogP contribution < -0.4 is 15.5 Å². The molecule has 1 heterocycles.